The molecule has 0 atom stereocenters. The van der Waals surface area contributed by atoms with Crippen molar-refractivity contribution >= 4 is 12.4 Å². The summed E-state index contributed by atoms with van der Waals surface area (Å²) in [6, 6.07) is 10.8. The summed E-state index contributed by atoms with van der Waals surface area (Å²) in [5.74, 6) is 0.357. The lowest BCUT2D eigenvalue weighted by atomic mass is 9.85. The summed E-state index contributed by atoms with van der Waals surface area (Å²) in [5, 5.41) is 42.3. The van der Waals surface area contributed by atoms with Crippen molar-refractivity contribution in [2.75, 3.05) is 0 Å². The fourth-order valence-corrected chi connectivity index (χ4v) is 2.67. The Morgan fingerprint density at radius 2 is 0.964 bits per heavy atom. The lowest BCUT2D eigenvalue weighted by molar-refractivity contribution is 0.321. The van der Waals surface area contributed by atoms with Gasteiger partial charge in [-0.15, -0.1) is 0 Å². The Morgan fingerprint density at radius 3 is 1.21 bits per heavy atom. The molecule has 0 saturated heterocycles. The number of hydrogen-bond donors (Lipinski definition) is 4. The molecule has 0 amide bonds. The van der Waals surface area contributed by atoms with Crippen molar-refractivity contribution < 1.29 is 20.6 Å². The first-order valence-corrected chi connectivity index (χ1v) is 8.93. The van der Waals surface area contributed by atoms with Crippen molar-refractivity contribution in [1.29, 1.82) is 0 Å². The number of aromatic hydroxyl groups is 2. The Kier molecular flexibility index (Phi) is 7.61. The predicted molar refractivity (Wildman–Crippen MR) is 112 cm³/mol. The van der Waals surface area contributed by atoms with Crippen molar-refractivity contribution in [3.05, 3.63) is 58.7 Å². The topological polar surface area (TPSA) is 106 Å². The molecule has 0 unspecified atom stereocenters. The molecule has 0 radical (unpaired) electrons. The molecular weight excluding hydrogens is 356 g/mol. The van der Waals surface area contributed by atoms with E-state index in [1.807, 2.05) is 65.8 Å². The average molecular weight is 386 g/mol. The van der Waals surface area contributed by atoms with Crippen molar-refractivity contribution in [3.8, 4) is 11.5 Å². The quantitative estimate of drug-likeness (QED) is 0.331. The number of hydrogen-bond acceptors (Lipinski definition) is 6. The van der Waals surface area contributed by atoms with Gasteiger partial charge >= 0.3 is 0 Å². The molecule has 152 valence electrons. The van der Waals surface area contributed by atoms with Gasteiger partial charge in [-0.1, -0.05) is 76.1 Å². The summed E-state index contributed by atoms with van der Waals surface area (Å²) in [7, 11) is 0. The van der Waals surface area contributed by atoms with Gasteiger partial charge in [0, 0.05) is 11.1 Å². The number of para-hydroxylation sites is 2. The van der Waals surface area contributed by atoms with Gasteiger partial charge in [0.05, 0.1) is 12.4 Å². The van der Waals surface area contributed by atoms with Crippen LogP contribution in [0.4, 0.5) is 0 Å². The molecule has 2 aromatic rings. The first kappa shape index (κ1) is 23.0. The minimum absolute atomic E-state index is 0.122. The van der Waals surface area contributed by atoms with Crippen LogP contribution in [0.25, 0.3) is 0 Å². The van der Waals surface area contributed by atoms with Crippen LogP contribution in [0.3, 0.4) is 0 Å². The summed E-state index contributed by atoms with van der Waals surface area (Å²) < 4.78 is 0. The van der Waals surface area contributed by atoms with Crippen molar-refractivity contribution in [2.24, 2.45) is 10.3 Å². The number of phenols is 2. The zero-order chi connectivity index (χ0) is 21.5. The number of benzene rings is 2. The minimum Gasteiger partial charge on any atom is -0.507 e. The van der Waals surface area contributed by atoms with Crippen LogP contribution in [-0.4, -0.2) is 33.1 Å². The van der Waals surface area contributed by atoms with E-state index in [1.165, 1.54) is 12.4 Å². The van der Waals surface area contributed by atoms with Gasteiger partial charge in [0.25, 0.3) is 0 Å². The largest absolute Gasteiger partial charge is 0.507 e. The maximum Gasteiger partial charge on any atom is 0.128 e. The highest BCUT2D eigenvalue weighted by Crippen LogP contribution is 2.33. The molecule has 4 N–H and O–H groups in total. The Hall–Kier alpha value is -3.02. The summed E-state index contributed by atoms with van der Waals surface area (Å²) >= 11 is 0. The van der Waals surface area contributed by atoms with Gasteiger partial charge in [-0.2, -0.15) is 0 Å². The number of oxime groups is 2. The average Bonchev–Trinajstić information content (AvgIpc) is 2.57. The SMILES string of the molecule is CC(C)(C)c1cccc(/C=N/O)c1O.CC(C)(C)c1cccc(/C=N/O)c1O. The van der Waals surface area contributed by atoms with Gasteiger partial charge in [-0.3, -0.25) is 0 Å². The smallest absolute Gasteiger partial charge is 0.128 e. The molecule has 0 bridgehead atoms. The van der Waals surface area contributed by atoms with Crippen LogP contribution >= 0.6 is 0 Å². The monoisotopic (exact) mass is 386 g/mol. The van der Waals surface area contributed by atoms with Crippen LogP contribution in [0.2, 0.25) is 0 Å². The fraction of sp³-hybridized carbons (Fsp3) is 0.364. The highest BCUT2D eigenvalue weighted by atomic mass is 16.4. The van der Waals surface area contributed by atoms with Crippen molar-refractivity contribution in [1.82, 2.24) is 0 Å². The van der Waals surface area contributed by atoms with E-state index < -0.39 is 0 Å². The van der Waals surface area contributed by atoms with Gasteiger partial charge in [-0.25, -0.2) is 0 Å². The molecule has 6 heteroatoms. The standard InChI is InChI=1S/2C11H15NO2/c2*1-11(2,3)9-6-4-5-8(7-12-14)10(9)13/h2*4-7,13-14H,1-3H3/b2*12-7+. The van der Waals surface area contributed by atoms with E-state index in [-0.39, 0.29) is 22.3 Å². The van der Waals surface area contributed by atoms with Crippen LogP contribution in [0.5, 0.6) is 11.5 Å². The summed E-state index contributed by atoms with van der Waals surface area (Å²) in [5.41, 5.74) is 2.50. The van der Waals surface area contributed by atoms with Crippen LogP contribution in [0, 0.1) is 0 Å². The van der Waals surface area contributed by atoms with E-state index in [4.69, 9.17) is 10.4 Å². The molecule has 28 heavy (non-hydrogen) atoms. The van der Waals surface area contributed by atoms with E-state index in [0.29, 0.717) is 11.1 Å². The molecule has 0 heterocycles. The maximum absolute atomic E-state index is 9.85. The van der Waals surface area contributed by atoms with Crippen molar-refractivity contribution in [3.63, 3.8) is 0 Å². The fourth-order valence-electron chi connectivity index (χ4n) is 2.67. The van der Waals surface area contributed by atoms with Gasteiger partial charge in [0.2, 0.25) is 0 Å². The lowest BCUT2D eigenvalue weighted by Gasteiger charge is -2.20. The lowest BCUT2D eigenvalue weighted by Crippen LogP contribution is -2.11. The molecule has 2 rings (SSSR count). The van der Waals surface area contributed by atoms with Gasteiger partial charge < -0.3 is 20.6 Å². The third-order valence-electron chi connectivity index (χ3n) is 4.14. The maximum atomic E-state index is 9.85. The first-order valence-electron chi connectivity index (χ1n) is 8.93. The Bertz CT molecular complexity index is 773. The summed E-state index contributed by atoms with van der Waals surface area (Å²) in [4.78, 5) is 0. The van der Waals surface area contributed by atoms with Gasteiger partial charge in [-0.05, 0) is 34.1 Å². The van der Waals surface area contributed by atoms with E-state index in [1.54, 1.807) is 12.1 Å². The molecular formula is C22H30N2O4. The van der Waals surface area contributed by atoms with E-state index >= 15 is 0 Å². The molecule has 6 nitrogen and oxygen atoms in total. The normalized spacial score (nSPS) is 12.2. The van der Waals surface area contributed by atoms with Crippen LogP contribution in [0.15, 0.2) is 46.7 Å². The highest BCUT2D eigenvalue weighted by molar-refractivity contribution is 5.84. The van der Waals surface area contributed by atoms with E-state index in [0.717, 1.165) is 11.1 Å². The minimum atomic E-state index is -0.122. The van der Waals surface area contributed by atoms with E-state index in [2.05, 4.69) is 10.3 Å². The molecule has 0 aliphatic carbocycles. The Morgan fingerprint density at radius 1 is 0.643 bits per heavy atom. The summed E-state index contributed by atoms with van der Waals surface area (Å²) in [6.45, 7) is 12.1. The highest BCUT2D eigenvalue weighted by Gasteiger charge is 2.19. The Balaban J connectivity index is 0.000000280. The van der Waals surface area contributed by atoms with Crippen LogP contribution in [0.1, 0.15) is 63.8 Å². The zero-order valence-electron chi connectivity index (χ0n) is 17.3. The molecule has 2 aromatic carbocycles. The second kappa shape index (κ2) is 9.26. The van der Waals surface area contributed by atoms with Gasteiger partial charge in [0.15, 0.2) is 0 Å². The molecule has 0 spiro atoms. The predicted octanol–water partition coefficient (Wildman–Crippen LogP) is 5.00. The zero-order valence-corrected chi connectivity index (χ0v) is 17.3. The van der Waals surface area contributed by atoms with Crippen LogP contribution < -0.4 is 0 Å². The third-order valence-corrected chi connectivity index (χ3v) is 4.14. The molecule has 0 saturated carbocycles. The van der Waals surface area contributed by atoms with Crippen molar-refractivity contribution in [2.45, 2.75) is 52.4 Å². The molecule has 0 aromatic heterocycles. The van der Waals surface area contributed by atoms with Crippen LogP contribution in [-0.2, 0) is 10.8 Å². The molecule has 0 aliphatic rings. The molecule has 0 aliphatic heterocycles. The Labute approximate surface area is 166 Å². The second-order valence-electron chi connectivity index (χ2n) is 8.48. The second-order valence-corrected chi connectivity index (χ2v) is 8.48. The number of rotatable bonds is 2. The third kappa shape index (κ3) is 6.01. The number of nitrogens with zero attached hydrogens (tertiary/aromatic N) is 2. The molecule has 0 fully saturated rings. The number of phenolic OH excluding ortho intramolecular Hbond substituents is 2. The summed E-state index contributed by atoms with van der Waals surface area (Å²) in [6.07, 6.45) is 2.45. The first-order chi connectivity index (χ1) is 12.9. The van der Waals surface area contributed by atoms with E-state index in [9.17, 15) is 10.2 Å². The van der Waals surface area contributed by atoms with Gasteiger partial charge in [0.1, 0.15) is 11.5 Å².